The highest BCUT2D eigenvalue weighted by Crippen LogP contribution is 2.26. The summed E-state index contributed by atoms with van der Waals surface area (Å²) < 4.78 is 18.0. The van der Waals surface area contributed by atoms with Crippen LogP contribution in [0.4, 0.5) is 4.39 Å². The molecule has 0 amide bonds. The van der Waals surface area contributed by atoms with Crippen LogP contribution < -0.4 is 4.74 Å². The van der Waals surface area contributed by atoms with Gasteiger partial charge in [-0.25, -0.2) is 9.18 Å². The predicted octanol–water partition coefficient (Wildman–Crippen LogP) is 2.19. The summed E-state index contributed by atoms with van der Waals surface area (Å²) in [5.74, 6) is -0.128. The zero-order valence-electron chi connectivity index (χ0n) is 7.46. The molecule has 0 aliphatic rings. The van der Waals surface area contributed by atoms with Crippen LogP contribution in [0, 0.1) is 18.2 Å². The topological polar surface area (TPSA) is 46.5 Å². The summed E-state index contributed by atoms with van der Waals surface area (Å²) in [5, 5.41) is 8.53. The second kappa shape index (κ2) is 4.67. The molecular weight excluding hydrogens is 223 g/mol. The van der Waals surface area contributed by atoms with Crippen molar-refractivity contribution in [3.05, 3.63) is 28.5 Å². The average molecular weight is 229 g/mol. The van der Waals surface area contributed by atoms with Gasteiger partial charge in [0.15, 0.2) is 11.6 Å². The Hall–Kier alpha value is -1.73. The number of ether oxygens (including phenoxy) is 1. The van der Waals surface area contributed by atoms with Gasteiger partial charge in [-0.3, -0.25) is 0 Å². The van der Waals surface area contributed by atoms with Crippen molar-refractivity contribution < 1.29 is 19.0 Å². The van der Waals surface area contributed by atoms with Crippen LogP contribution in [0.25, 0.3) is 0 Å². The summed E-state index contributed by atoms with van der Waals surface area (Å²) in [6.07, 6.45) is 4.92. The molecule has 0 fully saturated rings. The molecule has 1 N–H and O–H groups in total. The van der Waals surface area contributed by atoms with Crippen LogP contribution in [-0.2, 0) is 0 Å². The van der Waals surface area contributed by atoms with Gasteiger partial charge >= 0.3 is 5.97 Å². The zero-order chi connectivity index (χ0) is 11.4. The summed E-state index contributed by atoms with van der Waals surface area (Å²) in [4.78, 5) is 10.6. The first-order valence-electron chi connectivity index (χ1n) is 3.85. The van der Waals surface area contributed by atoms with E-state index in [1.165, 1.54) is 0 Å². The lowest BCUT2D eigenvalue weighted by molar-refractivity contribution is 0.0696. The number of hydrogen-bond donors (Lipinski definition) is 1. The van der Waals surface area contributed by atoms with Gasteiger partial charge in [0, 0.05) is 6.07 Å². The molecule has 0 radical (unpaired) electrons. The predicted molar refractivity (Wildman–Crippen MR) is 52.7 cm³/mol. The van der Waals surface area contributed by atoms with Crippen LogP contribution in [0.1, 0.15) is 10.4 Å². The molecule has 0 atom stereocenters. The standard InChI is InChI=1S/C10H6ClFO3/c1-2-3-15-9-5-7(11)6(10(13)14)4-8(9)12/h1,4-5H,3H2,(H,13,14). The molecule has 0 unspecified atom stereocenters. The number of carboxylic acid groups (broad SMARTS) is 1. The third-order valence-electron chi connectivity index (χ3n) is 1.56. The van der Waals surface area contributed by atoms with Crippen LogP contribution >= 0.6 is 11.6 Å². The summed E-state index contributed by atoms with van der Waals surface area (Å²) in [7, 11) is 0. The van der Waals surface area contributed by atoms with E-state index in [2.05, 4.69) is 5.92 Å². The summed E-state index contributed by atoms with van der Waals surface area (Å²) in [6.45, 7) is -0.111. The van der Waals surface area contributed by atoms with Gasteiger partial charge in [0.2, 0.25) is 0 Å². The Morgan fingerprint density at radius 2 is 2.33 bits per heavy atom. The molecule has 1 aromatic carbocycles. The Morgan fingerprint density at radius 1 is 1.67 bits per heavy atom. The van der Waals surface area contributed by atoms with Crippen LogP contribution in [-0.4, -0.2) is 17.7 Å². The molecule has 1 aromatic rings. The van der Waals surface area contributed by atoms with E-state index in [1.807, 2.05) is 0 Å². The Bertz CT molecular complexity index is 437. The monoisotopic (exact) mass is 228 g/mol. The number of carboxylic acids is 1. The lowest BCUT2D eigenvalue weighted by Gasteiger charge is -2.06. The van der Waals surface area contributed by atoms with Gasteiger partial charge in [-0.05, 0) is 6.07 Å². The minimum Gasteiger partial charge on any atom is -0.478 e. The molecular formula is C10H6ClFO3. The van der Waals surface area contributed by atoms with Crippen molar-refractivity contribution in [1.82, 2.24) is 0 Å². The first-order valence-corrected chi connectivity index (χ1v) is 4.22. The Morgan fingerprint density at radius 3 is 2.87 bits per heavy atom. The summed E-state index contributed by atoms with van der Waals surface area (Å²) in [6, 6.07) is 1.87. The quantitative estimate of drug-likeness (QED) is 0.807. The minimum atomic E-state index is -1.30. The molecule has 0 bridgehead atoms. The van der Waals surface area contributed by atoms with Crippen molar-refractivity contribution >= 4 is 17.6 Å². The molecule has 0 heterocycles. The molecule has 78 valence electrons. The van der Waals surface area contributed by atoms with Crippen molar-refractivity contribution in [3.8, 4) is 18.1 Å². The number of aromatic carboxylic acids is 1. The maximum absolute atomic E-state index is 13.2. The van der Waals surface area contributed by atoms with E-state index in [-0.39, 0.29) is 22.9 Å². The second-order valence-corrected chi connectivity index (χ2v) is 2.97. The Balaban J connectivity index is 3.09. The number of benzene rings is 1. The lowest BCUT2D eigenvalue weighted by Crippen LogP contribution is -2.02. The molecule has 0 aliphatic heterocycles. The van der Waals surface area contributed by atoms with Gasteiger partial charge < -0.3 is 9.84 Å². The van der Waals surface area contributed by atoms with E-state index in [0.717, 1.165) is 12.1 Å². The molecule has 0 saturated carbocycles. The van der Waals surface area contributed by atoms with Gasteiger partial charge in [-0.1, -0.05) is 17.5 Å². The molecule has 15 heavy (non-hydrogen) atoms. The van der Waals surface area contributed by atoms with Crippen LogP contribution in [0.15, 0.2) is 12.1 Å². The number of rotatable bonds is 3. The van der Waals surface area contributed by atoms with Crippen molar-refractivity contribution in [3.63, 3.8) is 0 Å². The Kier molecular flexibility index (Phi) is 3.53. The number of halogens is 2. The van der Waals surface area contributed by atoms with E-state index in [1.54, 1.807) is 0 Å². The van der Waals surface area contributed by atoms with Crippen molar-refractivity contribution in [2.45, 2.75) is 0 Å². The van der Waals surface area contributed by atoms with E-state index < -0.39 is 11.8 Å². The number of carbonyl (C=O) groups is 1. The van der Waals surface area contributed by atoms with Gasteiger partial charge in [-0.15, -0.1) is 6.42 Å². The highest BCUT2D eigenvalue weighted by Gasteiger charge is 2.14. The van der Waals surface area contributed by atoms with E-state index >= 15 is 0 Å². The normalized spacial score (nSPS) is 9.40. The lowest BCUT2D eigenvalue weighted by atomic mass is 10.2. The van der Waals surface area contributed by atoms with Crippen LogP contribution in [0.2, 0.25) is 5.02 Å². The fraction of sp³-hybridized carbons (Fsp3) is 0.100. The zero-order valence-corrected chi connectivity index (χ0v) is 8.21. The number of terminal acetylenes is 1. The minimum absolute atomic E-state index is 0.101. The van der Waals surface area contributed by atoms with E-state index in [0.29, 0.717) is 0 Å². The summed E-state index contributed by atoms with van der Waals surface area (Å²) >= 11 is 5.60. The fourth-order valence-electron chi connectivity index (χ4n) is 0.923. The van der Waals surface area contributed by atoms with Gasteiger partial charge in [0.25, 0.3) is 0 Å². The Labute approximate surface area is 90.4 Å². The van der Waals surface area contributed by atoms with Crippen molar-refractivity contribution in [2.75, 3.05) is 6.61 Å². The van der Waals surface area contributed by atoms with Gasteiger partial charge in [0.05, 0.1) is 10.6 Å². The average Bonchev–Trinajstić information content (AvgIpc) is 2.18. The van der Waals surface area contributed by atoms with Gasteiger partial charge in [-0.2, -0.15) is 0 Å². The van der Waals surface area contributed by atoms with Crippen LogP contribution in [0.3, 0.4) is 0 Å². The molecule has 0 saturated heterocycles. The third-order valence-corrected chi connectivity index (χ3v) is 1.88. The molecule has 0 aromatic heterocycles. The third kappa shape index (κ3) is 2.61. The fourth-order valence-corrected chi connectivity index (χ4v) is 1.16. The smallest absolute Gasteiger partial charge is 0.337 e. The first-order chi connectivity index (χ1) is 7.06. The highest BCUT2D eigenvalue weighted by molar-refractivity contribution is 6.33. The summed E-state index contributed by atoms with van der Waals surface area (Å²) in [5.41, 5.74) is -0.317. The first kappa shape index (κ1) is 11.3. The van der Waals surface area contributed by atoms with Crippen molar-refractivity contribution in [2.24, 2.45) is 0 Å². The SMILES string of the molecule is C#CCOc1cc(Cl)c(C(=O)O)cc1F. The van der Waals surface area contributed by atoms with Gasteiger partial charge in [0.1, 0.15) is 6.61 Å². The molecule has 3 nitrogen and oxygen atoms in total. The second-order valence-electron chi connectivity index (χ2n) is 2.56. The maximum atomic E-state index is 13.2. The maximum Gasteiger partial charge on any atom is 0.337 e. The highest BCUT2D eigenvalue weighted by atomic mass is 35.5. The molecule has 5 heteroatoms. The van der Waals surface area contributed by atoms with Crippen molar-refractivity contribution in [1.29, 1.82) is 0 Å². The molecule has 1 rings (SSSR count). The van der Waals surface area contributed by atoms with Crippen LogP contribution in [0.5, 0.6) is 5.75 Å². The largest absolute Gasteiger partial charge is 0.478 e. The van der Waals surface area contributed by atoms with E-state index in [9.17, 15) is 9.18 Å². The number of hydrogen-bond acceptors (Lipinski definition) is 2. The van der Waals surface area contributed by atoms with E-state index in [4.69, 9.17) is 27.9 Å². The molecule has 0 spiro atoms. The molecule has 0 aliphatic carbocycles.